The third-order valence-corrected chi connectivity index (χ3v) is 4.34. The standard InChI is InChI=1S/C13H16F3NOS/c1-9-6-7-17-12(8-19-9)10-2-4-11(5-3-10)18-13(14,15)16/h2-5,9,12,17H,6-8H2,1H3. The van der Waals surface area contributed by atoms with Gasteiger partial charge in [-0.15, -0.1) is 13.2 Å². The number of ether oxygens (including phenoxy) is 1. The molecule has 1 saturated heterocycles. The van der Waals surface area contributed by atoms with Gasteiger partial charge >= 0.3 is 6.36 Å². The maximum Gasteiger partial charge on any atom is 0.573 e. The van der Waals surface area contributed by atoms with Crippen LogP contribution < -0.4 is 10.1 Å². The van der Waals surface area contributed by atoms with Gasteiger partial charge in [0.05, 0.1) is 0 Å². The number of halogens is 3. The Kier molecular flexibility index (Phi) is 4.62. The van der Waals surface area contributed by atoms with E-state index in [0.29, 0.717) is 5.25 Å². The number of nitrogens with one attached hydrogen (secondary N) is 1. The van der Waals surface area contributed by atoms with Crippen LogP contribution in [0, 0.1) is 0 Å². The van der Waals surface area contributed by atoms with Crippen LogP contribution in [0.15, 0.2) is 24.3 Å². The number of hydrogen-bond acceptors (Lipinski definition) is 3. The van der Waals surface area contributed by atoms with Crippen molar-refractivity contribution in [2.45, 2.75) is 31.0 Å². The van der Waals surface area contributed by atoms with Crippen molar-refractivity contribution < 1.29 is 17.9 Å². The van der Waals surface area contributed by atoms with E-state index in [2.05, 4.69) is 17.0 Å². The molecule has 0 aliphatic carbocycles. The number of thioether (sulfide) groups is 1. The third kappa shape index (κ3) is 4.62. The summed E-state index contributed by atoms with van der Waals surface area (Å²) in [6.07, 6.45) is -3.52. The molecule has 1 aliphatic rings. The van der Waals surface area contributed by atoms with Crippen molar-refractivity contribution in [3.8, 4) is 5.75 Å². The maximum atomic E-state index is 12.1. The summed E-state index contributed by atoms with van der Waals surface area (Å²) in [5, 5.41) is 4.03. The monoisotopic (exact) mass is 291 g/mol. The normalized spacial score (nSPS) is 24.8. The van der Waals surface area contributed by atoms with E-state index in [0.717, 1.165) is 24.3 Å². The van der Waals surface area contributed by atoms with Crippen molar-refractivity contribution in [2.75, 3.05) is 12.3 Å². The van der Waals surface area contributed by atoms with Crippen LogP contribution in [0.1, 0.15) is 24.9 Å². The molecule has 1 heterocycles. The first-order valence-electron chi connectivity index (χ1n) is 6.15. The quantitative estimate of drug-likeness (QED) is 0.897. The molecule has 1 aliphatic heterocycles. The Bertz CT molecular complexity index is 407. The molecule has 6 heteroatoms. The van der Waals surface area contributed by atoms with Crippen molar-refractivity contribution in [1.29, 1.82) is 0 Å². The van der Waals surface area contributed by atoms with Gasteiger partial charge in [-0.05, 0) is 30.7 Å². The lowest BCUT2D eigenvalue weighted by atomic mass is 10.1. The van der Waals surface area contributed by atoms with Crippen LogP contribution >= 0.6 is 11.8 Å². The molecule has 2 rings (SSSR count). The molecule has 19 heavy (non-hydrogen) atoms. The topological polar surface area (TPSA) is 21.3 Å². The maximum absolute atomic E-state index is 12.1. The Balaban J connectivity index is 2.01. The van der Waals surface area contributed by atoms with Crippen molar-refractivity contribution >= 4 is 11.8 Å². The first-order valence-corrected chi connectivity index (χ1v) is 7.19. The molecule has 0 radical (unpaired) electrons. The highest BCUT2D eigenvalue weighted by atomic mass is 32.2. The van der Waals surface area contributed by atoms with Gasteiger partial charge in [0.1, 0.15) is 5.75 Å². The van der Waals surface area contributed by atoms with E-state index in [1.54, 1.807) is 12.1 Å². The number of hydrogen-bond donors (Lipinski definition) is 1. The largest absolute Gasteiger partial charge is 0.573 e. The minimum absolute atomic E-state index is 0.175. The van der Waals surface area contributed by atoms with Crippen LogP contribution in [-0.2, 0) is 0 Å². The van der Waals surface area contributed by atoms with Crippen molar-refractivity contribution in [2.24, 2.45) is 0 Å². The smallest absolute Gasteiger partial charge is 0.406 e. The van der Waals surface area contributed by atoms with Crippen LogP contribution in [0.25, 0.3) is 0 Å². The first-order chi connectivity index (χ1) is 8.94. The van der Waals surface area contributed by atoms with Crippen LogP contribution in [-0.4, -0.2) is 23.9 Å². The van der Waals surface area contributed by atoms with Crippen molar-refractivity contribution in [3.05, 3.63) is 29.8 Å². The Labute approximate surface area is 114 Å². The summed E-state index contributed by atoms with van der Waals surface area (Å²) >= 11 is 1.88. The molecule has 2 unspecified atom stereocenters. The average molecular weight is 291 g/mol. The molecule has 106 valence electrons. The fourth-order valence-electron chi connectivity index (χ4n) is 1.98. The summed E-state index contributed by atoms with van der Waals surface area (Å²) in [5.74, 6) is 0.756. The average Bonchev–Trinajstić information content (AvgIpc) is 2.53. The van der Waals surface area contributed by atoms with E-state index >= 15 is 0 Å². The molecule has 1 aromatic carbocycles. The summed E-state index contributed by atoms with van der Waals surface area (Å²) in [6, 6.07) is 6.30. The van der Waals surface area contributed by atoms with Gasteiger partial charge in [0.15, 0.2) is 0 Å². The second-order valence-corrected chi connectivity index (χ2v) is 6.03. The molecule has 0 bridgehead atoms. The van der Waals surface area contributed by atoms with Gasteiger partial charge < -0.3 is 10.1 Å². The summed E-state index contributed by atoms with van der Waals surface area (Å²) in [5.41, 5.74) is 0.996. The van der Waals surface area contributed by atoms with Crippen LogP contribution in [0.2, 0.25) is 0 Å². The Morgan fingerprint density at radius 1 is 1.26 bits per heavy atom. The molecule has 0 spiro atoms. The zero-order valence-electron chi connectivity index (χ0n) is 10.5. The van der Waals surface area contributed by atoms with E-state index in [1.165, 1.54) is 12.1 Å². The Hall–Kier alpha value is -0.880. The molecule has 2 atom stereocenters. The van der Waals surface area contributed by atoms with Crippen LogP contribution in [0.5, 0.6) is 5.75 Å². The second-order valence-electron chi connectivity index (χ2n) is 4.56. The SMILES string of the molecule is CC1CCNC(c2ccc(OC(F)(F)F)cc2)CS1. The summed E-state index contributed by atoms with van der Waals surface area (Å²) in [7, 11) is 0. The fourth-order valence-corrected chi connectivity index (χ4v) is 3.10. The van der Waals surface area contributed by atoms with Gasteiger partial charge in [0, 0.05) is 17.0 Å². The number of rotatable bonds is 2. The minimum Gasteiger partial charge on any atom is -0.406 e. The van der Waals surface area contributed by atoms with Gasteiger partial charge in [-0.1, -0.05) is 19.1 Å². The van der Waals surface area contributed by atoms with Crippen molar-refractivity contribution in [1.82, 2.24) is 5.32 Å². The van der Waals surface area contributed by atoms with Crippen molar-refractivity contribution in [3.63, 3.8) is 0 Å². The molecule has 1 aromatic rings. The van der Waals surface area contributed by atoms with Crippen LogP contribution in [0.3, 0.4) is 0 Å². The van der Waals surface area contributed by atoms with Gasteiger partial charge in [-0.3, -0.25) is 0 Å². The lowest BCUT2D eigenvalue weighted by Gasteiger charge is -2.16. The van der Waals surface area contributed by atoms with E-state index in [9.17, 15) is 13.2 Å². The molecular formula is C13H16F3NOS. The highest BCUT2D eigenvalue weighted by molar-refractivity contribution is 7.99. The molecule has 0 saturated carbocycles. The molecule has 1 fully saturated rings. The van der Waals surface area contributed by atoms with Crippen LogP contribution in [0.4, 0.5) is 13.2 Å². The van der Waals surface area contributed by atoms with E-state index in [1.807, 2.05) is 11.8 Å². The molecule has 0 aromatic heterocycles. The molecule has 0 amide bonds. The predicted octanol–water partition coefficient (Wildman–Crippen LogP) is 3.74. The molecule has 2 nitrogen and oxygen atoms in total. The molecule has 1 N–H and O–H groups in total. The zero-order chi connectivity index (χ0) is 13.9. The van der Waals surface area contributed by atoms with Gasteiger partial charge in [0.25, 0.3) is 0 Å². The third-order valence-electron chi connectivity index (χ3n) is 3.01. The summed E-state index contributed by atoms with van der Waals surface area (Å²) in [4.78, 5) is 0. The fraction of sp³-hybridized carbons (Fsp3) is 0.538. The first kappa shape index (κ1) is 14.5. The van der Waals surface area contributed by atoms with Gasteiger partial charge in [-0.2, -0.15) is 11.8 Å². The van der Waals surface area contributed by atoms with E-state index < -0.39 is 6.36 Å². The Morgan fingerprint density at radius 2 is 1.95 bits per heavy atom. The van der Waals surface area contributed by atoms with Gasteiger partial charge in [-0.25, -0.2) is 0 Å². The second kappa shape index (κ2) is 6.05. The predicted molar refractivity (Wildman–Crippen MR) is 70.4 cm³/mol. The number of benzene rings is 1. The Morgan fingerprint density at radius 3 is 2.58 bits per heavy atom. The molecular weight excluding hydrogens is 275 g/mol. The van der Waals surface area contributed by atoms with E-state index in [4.69, 9.17) is 0 Å². The van der Waals surface area contributed by atoms with Gasteiger partial charge in [0.2, 0.25) is 0 Å². The number of alkyl halides is 3. The highest BCUT2D eigenvalue weighted by Crippen LogP contribution is 2.28. The highest BCUT2D eigenvalue weighted by Gasteiger charge is 2.31. The minimum atomic E-state index is -4.63. The summed E-state index contributed by atoms with van der Waals surface area (Å²) < 4.78 is 40.0. The summed E-state index contributed by atoms with van der Waals surface area (Å²) in [6.45, 7) is 3.12. The zero-order valence-corrected chi connectivity index (χ0v) is 11.4. The lowest BCUT2D eigenvalue weighted by Crippen LogP contribution is -2.22. The lowest BCUT2D eigenvalue weighted by molar-refractivity contribution is -0.274. The van der Waals surface area contributed by atoms with E-state index in [-0.39, 0.29) is 11.8 Å².